The van der Waals surface area contributed by atoms with Gasteiger partial charge in [-0.2, -0.15) is 5.26 Å². The van der Waals surface area contributed by atoms with Crippen LogP contribution in [-0.2, 0) is 24.4 Å². The lowest BCUT2D eigenvalue weighted by molar-refractivity contribution is 0.0526. The van der Waals surface area contributed by atoms with Crippen LogP contribution >= 0.6 is 23.2 Å². The Balaban J connectivity index is 1.28. The summed E-state index contributed by atoms with van der Waals surface area (Å²) in [5.74, 6) is 0. The van der Waals surface area contributed by atoms with E-state index in [4.69, 9.17) is 27.9 Å². The van der Waals surface area contributed by atoms with Crippen LogP contribution < -0.4 is 5.32 Å². The molecule has 0 atom stereocenters. The number of piperazine rings is 1. The highest BCUT2D eigenvalue weighted by molar-refractivity contribution is 6.35. The van der Waals surface area contributed by atoms with Gasteiger partial charge >= 0.3 is 6.09 Å². The third-order valence-corrected chi connectivity index (χ3v) is 8.54. The number of ether oxygens (including phenoxy) is 1. The molecule has 0 spiro atoms. The van der Waals surface area contributed by atoms with E-state index in [0.29, 0.717) is 12.1 Å². The molecule has 2 heterocycles. The van der Waals surface area contributed by atoms with Gasteiger partial charge in [-0.1, -0.05) is 47.5 Å². The van der Waals surface area contributed by atoms with Crippen molar-refractivity contribution in [2.75, 3.05) is 32.7 Å². The summed E-state index contributed by atoms with van der Waals surface area (Å²) < 4.78 is 7.61. The molecule has 0 radical (unpaired) electrons. The summed E-state index contributed by atoms with van der Waals surface area (Å²) in [5, 5.41) is 14.8. The molecule has 0 bridgehead atoms. The van der Waals surface area contributed by atoms with Crippen molar-refractivity contribution in [3.8, 4) is 17.2 Å². The molecule has 1 saturated heterocycles. The SMILES string of the molecule is CC(C)(C)OC(=O)NCCCn1cc(-c2ccc(C#N)cc2)c2cc(CN3CCN(Cc4c(Cl)cccc4Cl)CC3)ccc21. The number of rotatable bonds is 9. The maximum Gasteiger partial charge on any atom is 0.407 e. The van der Waals surface area contributed by atoms with Gasteiger partial charge in [-0.15, -0.1) is 0 Å². The number of alkyl carbamates (subject to hydrolysis) is 1. The molecule has 5 rings (SSSR count). The van der Waals surface area contributed by atoms with E-state index in [-0.39, 0.29) is 0 Å². The number of hydrogen-bond donors (Lipinski definition) is 1. The molecule has 1 aliphatic rings. The molecule has 3 aromatic carbocycles. The van der Waals surface area contributed by atoms with Crippen LogP contribution in [0.25, 0.3) is 22.0 Å². The third-order valence-electron chi connectivity index (χ3n) is 7.83. The fourth-order valence-electron chi connectivity index (χ4n) is 5.61. The van der Waals surface area contributed by atoms with Crippen molar-refractivity contribution in [1.82, 2.24) is 19.7 Å². The zero-order chi connectivity index (χ0) is 31.3. The molecule has 44 heavy (non-hydrogen) atoms. The van der Waals surface area contributed by atoms with Crippen molar-refractivity contribution in [1.29, 1.82) is 5.26 Å². The molecule has 1 aliphatic heterocycles. The minimum Gasteiger partial charge on any atom is -0.444 e. The van der Waals surface area contributed by atoms with E-state index in [1.807, 2.05) is 63.2 Å². The lowest BCUT2D eigenvalue weighted by atomic mass is 10.0. The third kappa shape index (κ3) is 8.13. The van der Waals surface area contributed by atoms with E-state index in [9.17, 15) is 10.1 Å². The summed E-state index contributed by atoms with van der Waals surface area (Å²) in [6, 6.07) is 22.4. The molecule has 1 amide bonds. The highest BCUT2D eigenvalue weighted by atomic mass is 35.5. The summed E-state index contributed by atoms with van der Waals surface area (Å²) in [6.07, 6.45) is 2.55. The van der Waals surface area contributed by atoms with Crippen molar-refractivity contribution in [2.45, 2.75) is 52.4 Å². The van der Waals surface area contributed by atoms with Crippen LogP contribution in [0.3, 0.4) is 0 Å². The van der Waals surface area contributed by atoms with Crippen molar-refractivity contribution in [2.24, 2.45) is 0 Å². The van der Waals surface area contributed by atoms with E-state index < -0.39 is 11.7 Å². The Morgan fingerprint density at radius 2 is 1.61 bits per heavy atom. The average molecular weight is 633 g/mol. The summed E-state index contributed by atoms with van der Waals surface area (Å²) in [7, 11) is 0. The second-order valence-corrected chi connectivity index (χ2v) is 13.1. The van der Waals surface area contributed by atoms with Gasteiger partial charge in [-0.25, -0.2) is 4.79 Å². The summed E-state index contributed by atoms with van der Waals surface area (Å²) >= 11 is 12.8. The summed E-state index contributed by atoms with van der Waals surface area (Å²) in [5.41, 5.74) is 5.73. The first-order chi connectivity index (χ1) is 21.1. The van der Waals surface area contributed by atoms with Crippen LogP contribution in [0.5, 0.6) is 0 Å². The lowest BCUT2D eigenvalue weighted by Crippen LogP contribution is -2.45. The molecular formula is C35H39Cl2N5O2. The Kier molecular flexibility index (Phi) is 10.2. The van der Waals surface area contributed by atoms with Crippen LogP contribution in [0.1, 0.15) is 43.9 Å². The zero-order valence-corrected chi connectivity index (χ0v) is 27.1. The second kappa shape index (κ2) is 14.0. The Morgan fingerprint density at radius 3 is 2.25 bits per heavy atom. The van der Waals surface area contributed by atoms with Gasteiger partial charge in [0.2, 0.25) is 0 Å². The van der Waals surface area contributed by atoms with E-state index in [1.165, 1.54) is 10.9 Å². The number of hydrogen-bond acceptors (Lipinski definition) is 5. The van der Waals surface area contributed by atoms with Gasteiger partial charge in [0.1, 0.15) is 5.60 Å². The predicted octanol–water partition coefficient (Wildman–Crippen LogP) is 7.72. The maximum atomic E-state index is 12.1. The average Bonchev–Trinajstić information content (AvgIpc) is 3.35. The van der Waals surface area contributed by atoms with Crippen molar-refractivity contribution in [3.05, 3.63) is 93.6 Å². The number of aromatic nitrogens is 1. The van der Waals surface area contributed by atoms with Crippen LogP contribution in [0, 0.1) is 11.3 Å². The Hall–Kier alpha value is -3.54. The number of nitrogens with one attached hydrogen (secondary N) is 1. The molecule has 4 aromatic rings. The molecule has 1 N–H and O–H groups in total. The molecule has 9 heteroatoms. The van der Waals surface area contributed by atoms with Gasteiger partial charge in [0.25, 0.3) is 0 Å². The van der Waals surface area contributed by atoms with E-state index in [0.717, 1.165) is 84.5 Å². The van der Waals surface area contributed by atoms with E-state index >= 15 is 0 Å². The summed E-state index contributed by atoms with van der Waals surface area (Å²) in [4.78, 5) is 17.0. The fourth-order valence-corrected chi connectivity index (χ4v) is 6.12. The number of carbonyl (C=O) groups is 1. The number of fused-ring (bicyclic) bond motifs is 1. The zero-order valence-electron chi connectivity index (χ0n) is 25.6. The standard InChI is InChI=1S/C35H39Cl2N5O2/c1-35(2,3)44-34(43)39-14-5-15-42-24-29(27-11-8-25(21-38)9-12-27)28-20-26(10-13-33(28)42)22-40-16-18-41(19-17-40)23-30-31(36)6-4-7-32(30)37/h4,6-13,20,24H,5,14-19,22-23H2,1-3H3,(H,39,43). The molecule has 7 nitrogen and oxygen atoms in total. The molecule has 0 unspecified atom stereocenters. The molecule has 1 aromatic heterocycles. The predicted molar refractivity (Wildman–Crippen MR) is 178 cm³/mol. The number of nitriles is 1. The van der Waals surface area contributed by atoms with E-state index in [2.05, 4.69) is 50.1 Å². The highest BCUT2D eigenvalue weighted by Crippen LogP contribution is 2.33. The number of benzene rings is 3. The number of amides is 1. The number of halogens is 2. The maximum absolute atomic E-state index is 12.1. The van der Waals surface area contributed by atoms with Crippen molar-refractivity contribution >= 4 is 40.2 Å². The fraction of sp³-hybridized carbons (Fsp3) is 0.371. The van der Waals surface area contributed by atoms with Crippen molar-refractivity contribution in [3.63, 3.8) is 0 Å². The smallest absolute Gasteiger partial charge is 0.407 e. The van der Waals surface area contributed by atoms with Gasteiger partial charge in [0.15, 0.2) is 0 Å². The molecule has 0 saturated carbocycles. The topological polar surface area (TPSA) is 73.5 Å². The first-order valence-electron chi connectivity index (χ1n) is 15.1. The minimum absolute atomic E-state index is 0.397. The van der Waals surface area contributed by atoms with Gasteiger partial charge < -0.3 is 14.6 Å². The quantitative estimate of drug-likeness (QED) is 0.191. The molecular weight excluding hydrogens is 593 g/mol. The van der Waals surface area contributed by atoms with Gasteiger partial charge in [0.05, 0.1) is 11.6 Å². The number of carbonyl (C=O) groups excluding carboxylic acids is 1. The van der Waals surface area contributed by atoms with E-state index in [1.54, 1.807) is 0 Å². The van der Waals surface area contributed by atoms with Crippen LogP contribution in [-0.4, -0.2) is 58.8 Å². The Labute approximate surface area is 269 Å². The first kappa shape index (κ1) is 31.9. The highest BCUT2D eigenvalue weighted by Gasteiger charge is 2.20. The van der Waals surface area contributed by atoms with Crippen LogP contribution in [0.4, 0.5) is 4.79 Å². The van der Waals surface area contributed by atoms with Gasteiger partial charge in [-0.05, 0) is 74.7 Å². The summed E-state index contributed by atoms with van der Waals surface area (Å²) in [6.45, 7) is 12.3. The van der Waals surface area contributed by atoms with Gasteiger partial charge in [0, 0.05) is 90.6 Å². The Bertz CT molecular complexity index is 1620. The largest absolute Gasteiger partial charge is 0.444 e. The van der Waals surface area contributed by atoms with Crippen molar-refractivity contribution < 1.29 is 9.53 Å². The van der Waals surface area contributed by atoms with Crippen LogP contribution in [0.2, 0.25) is 10.0 Å². The van der Waals surface area contributed by atoms with Gasteiger partial charge in [-0.3, -0.25) is 9.80 Å². The van der Waals surface area contributed by atoms with Crippen LogP contribution in [0.15, 0.2) is 66.9 Å². The monoisotopic (exact) mass is 631 g/mol. The number of nitrogens with zero attached hydrogens (tertiary/aromatic N) is 4. The second-order valence-electron chi connectivity index (χ2n) is 12.3. The lowest BCUT2D eigenvalue weighted by Gasteiger charge is -2.35. The molecule has 1 fully saturated rings. The minimum atomic E-state index is -0.521. The Morgan fingerprint density at radius 1 is 0.955 bits per heavy atom. The molecule has 230 valence electrons. The normalized spacial score (nSPS) is 14.5. The molecule has 0 aliphatic carbocycles. The first-order valence-corrected chi connectivity index (χ1v) is 15.8. The number of aryl methyl sites for hydroxylation is 1.